The molecule has 4 atom stereocenters. The van der Waals surface area contributed by atoms with Crippen LogP contribution in [-0.2, 0) is 36.3 Å². The van der Waals surface area contributed by atoms with Gasteiger partial charge in [0, 0.05) is 24.3 Å². The molecule has 0 bridgehead atoms. The highest BCUT2D eigenvalue weighted by Crippen LogP contribution is 2.45. The summed E-state index contributed by atoms with van der Waals surface area (Å²) < 4.78 is 30.7. The number of nitro groups is 2. The topological polar surface area (TPSA) is 167 Å². The molecule has 0 radical (unpaired) electrons. The zero-order chi connectivity index (χ0) is 51.4. The largest absolute Gasteiger partial charge is 0.509 e. The molecule has 0 N–H and O–H groups in total. The normalized spacial score (nSPS) is 14.4. The number of hydrogen-bond acceptors (Lipinski definition) is 11. The van der Waals surface area contributed by atoms with Gasteiger partial charge in [-0.3, -0.25) is 20.2 Å². The fourth-order valence-corrected chi connectivity index (χ4v) is 21.9. The zero-order valence-corrected chi connectivity index (χ0v) is 43.3. The summed E-state index contributed by atoms with van der Waals surface area (Å²) in [5.74, 6) is 0. The second-order valence-electron chi connectivity index (χ2n) is 19.2. The predicted octanol–water partition coefficient (Wildman–Crippen LogP) is 11.4. The van der Waals surface area contributed by atoms with Crippen LogP contribution >= 0.6 is 0 Å². The lowest BCUT2D eigenvalue weighted by atomic mass is 10.2. The molecule has 0 spiro atoms. The van der Waals surface area contributed by atoms with Crippen LogP contribution < -0.4 is 20.7 Å². The Bertz CT molecular complexity index is 2650. The summed E-state index contributed by atoms with van der Waals surface area (Å²) in [6.07, 6.45) is 4.45. The summed E-state index contributed by atoms with van der Waals surface area (Å²) >= 11 is 0. The van der Waals surface area contributed by atoms with Gasteiger partial charge >= 0.3 is 12.3 Å². The van der Waals surface area contributed by atoms with Crippen molar-refractivity contribution in [2.45, 2.75) is 90.9 Å². The Kier molecular flexibility index (Phi) is 17.1. The lowest BCUT2D eigenvalue weighted by molar-refractivity contribution is -0.385. The van der Waals surface area contributed by atoms with E-state index in [-0.39, 0.29) is 24.6 Å². The highest BCUT2D eigenvalue weighted by molar-refractivity contribution is 7.11. The van der Waals surface area contributed by atoms with E-state index in [1.165, 1.54) is 48.5 Å². The second-order valence-corrected chi connectivity index (χ2v) is 27.9. The van der Waals surface area contributed by atoms with Crippen LogP contribution in [0.1, 0.15) is 77.6 Å². The third-order valence-electron chi connectivity index (χ3n) is 12.1. The van der Waals surface area contributed by atoms with Gasteiger partial charge in [-0.2, -0.15) is 0 Å². The molecule has 0 aliphatic carbocycles. The van der Waals surface area contributed by atoms with Gasteiger partial charge in [-0.25, -0.2) is 9.59 Å². The average Bonchev–Trinajstić information content (AvgIpc) is 3.34. The smallest absolute Gasteiger partial charge is 0.441 e. The number of non-ortho nitro benzene ring substituents is 2. The standard InChI is InChI=1S/C56H60N2O11Si2/c1-41(67-53(59)65-39-43-29-35-47(36-30-43)57(61)62)27-33-45-19-15-17-25-51(45)70(55(3,4)5,49-21-11-9-12-22-49)69-71(56(6,7)8,50-23-13-10-14-24-50)52-26-18-16-20-46(52)34-28-42(2)68-54(60)66-40-44-31-37-48(38-32-44)58(63)64/h9-38,41-42H,39-40H2,1-8H3. The molecule has 0 heterocycles. The van der Waals surface area contributed by atoms with Crippen LogP contribution in [0.5, 0.6) is 0 Å². The van der Waals surface area contributed by atoms with Crippen molar-refractivity contribution in [3.8, 4) is 0 Å². The summed E-state index contributed by atoms with van der Waals surface area (Å²) in [6, 6.07) is 49.0. The van der Waals surface area contributed by atoms with Gasteiger partial charge in [0.15, 0.2) is 0 Å². The van der Waals surface area contributed by atoms with Gasteiger partial charge in [0.1, 0.15) is 25.4 Å². The molecule has 0 saturated heterocycles. The minimum atomic E-state index is -3.51. The second kappa shape index (κ2) is 23.0. The van der Waals surface area contributed by atoms with E-state index in [9.17, 15) is 29.8 Å². The van der Waals surface area contributed by atoms with Gasteiger partial charge in [-0.15, -0.1) is 0 Å². The molecular weight excluding hydrogens is 933 g/mol. The highest BCUT2D eigenvalue weighted by Gasteiger charge is 2.61. The van der Waals surface area contributed by atoms with E-state index in [4.69, 9.17) is 23.1 Å². The fourth-order valence-electron chi connectivity index (χ4n) is 8.66. The van der Waals surface area contributed by atoms with Gasteiger partial charge in [-0.05, 0) is 103 Å². The van der Waals surface area contributed by atoms with Crippen molar-refractivity contribution >= 4 is 73.2 Å². The quantitative estimate of drug-likeness (QED) is 0.0348. The van der Waals surface area contributed by atoms with Crippen LogP contribution in [-0.4, -0.2) is 51.0 Å². The third kappa shape index (κ3) is 12.7. The molecule has 0 aliphatic heterocycles. The first-order valence-electron chi connectivity index (χ1n) is 23.3. The molecule has 0 fully saturated rings. The number of nitro benzene ring substituents is 2. The van der Waals surface area contributed by atoms with Crippen molar-refractivity contribution in [2.24, 2.45) is 0 Å². The van der Waals surface area contributed by atoms with Gasteiger partial charge in [0.25, 0.3) is 28.0 Å². The molecule has 0 aliphatic rings. The van der Waals surface area contributed by atoms with Crippen LogP contribution in [0.3, 0.4) is 0 Å². The van der Waals surface area contributed by atoms with Crippen molar-refractivity contribution < 1.29 is 42.5 Å². The number of nitrogens with zero attached hydrogens (tertiary/aromatic N) is 2. The van der Waals surface area contributed by atoms with Crippen LogP contribution in [0.2, 0.25) is 10.1 Å². The van der Waals surface area contributed by atoms with E-state index in [1.807, 2.05) is 60.7 Å². The first kappa shape index (κ1) is 52.9. The van der Waals surface area contributed by atoms with E-state index in [0.29, 0.717) is 11.1 Å². The fraction of sp³-hybridized carbons (Fsp3) is 0.250. The molecule has 6 aromatic rings. The lowest BCUT2D eigenvalue weighted by Gasteiger charge is -2.54. The van der Waals surface area contributed by atoms with Gasteiger partial charge in [0.2, 0.25) is 0 Å². The monoisotopic (exact) mass is 992 g/mol. The summed E-state index contributed by atoms with van der Waals surface area (Å²) in [6.45, 7) is 16.8. The van der Waals surface area contributed by atoms with Crippen molar-refractivity contribution in [2.75, 3.05) is 0 Å². The molecule has 15 heteroatoms. The number of ether oxygens (including phenoxy) is 4. The molecule has 6 rings (SSSR count). The van der Waals surface area contributed by atoms with Gasteiger partial charge in [-0.1, -0.05) is 163 Å². The Morgan fingerprint density at radius 3 is 1.15 bits per heavy atom. The van der Waals surface area contributed by atoms with Gasteiger partial charge < -0.3 is 23.1 Å². The molecule has 6 aromatic carbocycles. The third-order valence-corrected chi connectivity index (χ3v) is 23.5. The minimum Gasteiger partial charge on any atom is -0.441 e. The Hall–Kier alpha value is -7.47. The van der Waals surface area contributed by atoms with Crippen molar-refractivity contribution in [1.82, 2.24) is 0 Å². The molecule has 0 aromatic heterocycles. The first-order chi connectivity index (χ1) is 33.7. The molecule has 0 amide bonds. The molecular formula is C56H60N2O11Si2. The van der Waals surface area contributed by atoms with Crippen LogP contribution in [0, 0.1) is 20.2 Å². The van der Waals surface area contributed by atoms with Crippen LogP contribution in [0.25, 0.3) is 12.2 Å². The number of hydrogen-bond donors (Lipinski definition) is 0. The molecule has 368 valence electrons. The Labute approximate surface area is 417 Å². The summed E-state index contributed by atoms with van der Waals surface area (Å²) in [5, 5.41) is 25.4. The predicted molar refractivity (Wildman–Crippen MR) is 282 cm³/mol. The van der Waals surface area contributed by atoms with Gasteiger partial charge in [0.05, 0.1) is 9.85 Å². The van der Waals surface area contributed by atoms with E-state index in [0.717, 1.165) is 31.9 Å². The highest BCUT2D eigenvalue weighted by atomic mass is 28.4. The summed E-state index contributed by atoms with van der Waals surface area (Å²) in [7, 11) is -7.03. The molecule has 71 heavy (non-hydrogen) atoms. The Balaban J connectivity index is 1.39. The molecule has 0 saturated carbocycles. The Morgan fingerprint density at radius 2 is 0.831 bits per heavy atom. The van der Waals surface area contributed by atoms with Crippen molar-refractivity contribution in [1.29, 1.82) is 0 Å². The summed E-state index contributed by atoms with van der Waals surface area (Å²) in [4.78, 5) is 47.0. The number of rotatable bonds is 18. The Morgan fingerprint density at radius 1 is 0.507 bits per heavy atom. The average molecular weight is 993 g/mol. The number of carbonyl (C=O) groups is 2. The van der Waals surface area contributed by atoms with Crippen LogP contribution in [0.15, 0.2) is 170 Å². The maximum absolute atomic E-state index is 12.9. The van der Waals surface area contributed by atoms with E-state index in [2.05, 4.69) is 114 Å². The molecule has 4 unspecified atom stereocenters. The maximum atomic E-state index is 12.9. The van der Waals surface area contributed by atoms with Crippen LogP contribution in [0.4, 0.5) is 21.0 Å². The first-order valence-corrected chi connectivity index (χ1v) is 27.1. The summed E-state index contributed by atoms with van der Waals surface area (Å²) in [5.41, 5.74) is 2.85. The van der Waals surface area contributed by atoms with Crippen molar-refractivity contribution in [3.63, 3.8) is 0 Å². The maximum Gasteiger partial charge on any atom is 0.509 e. The van der Waals surface area contributed by atoms with E-state index >= 15 is 0 Å². The number of benzene rings is 6. The SMILES string of the molecule is CC(C=Cc1ccccc1[Si](O[Si](c1ccccc1)(c1ccccc1C=CC(C)OC(=O)OCc1ccc([N+](=O)[O-])cc1)C(C)(C)C)(c1ccccc1)C(C)(C)C)OC(=O)OCc1ccc([N+](=O)[O-])cc1. The lowest BCUT2D eigenvalue weighted by Crippen LogP contribution is -2.78. The van der Waals surface area contributed by atoms with Crippen molar-refractivity contribution in [3.05, 3.63) is 212 Å². The molecule has 13 nitrogen and oxygen atoms in total. The zero-order valence-electron chi connectivity index (χ0n) is 41.3. The minimum absolute atomic E-state index is 0.0594. The number of carbonyl (C=O) groups excluding carboxylic acids is 2. The van der Waals surface area contributed by atoms with E-state index < -0.39 is 61.1 Å². The van der Waals surface area contributed by atoms with E-state index in [1.54, 1.807) is 13.8 Å².